The van der Waals surface area contributed by atoms with Gasteiger partial charge in [0.15, 0.2) is 37.7 Å². The molecule has 0 radical (unpaired) electrons. The van der Waals surface area contributed by atoms with E-state index in [0.717, 1.165) is 6.92 Å². The van der Waals surface area contributed by atoms with E-state index in [2.05, 4.69) is 14.2 Å². The Balaban J connectivity index is 1.18. The zero-order valence-electron chi connectivity index (χ0n) is 65.6. The lowest BCUT2D eigenvalue weighted by molar-refractivity contribution is -0.417. The normalized spacial score (nSPS) is 44.4. The van der Waals surface area contributed by atoms with E-state index in [0.29, 0.717) is 0 Å². The average molecular weight is 1920 g/mol. The van der Waals surface area contributed by atoms with Crippen LogP contribution in [0, 0.1) is 0 Å². The molecule has 37 N–H and O–H groups in total. The fourth-order valence-corrected chi connectivity index (χ4v) is 17.9. The molecular weight excluding hydrogens is 1810 g/mol. The molecule has 0 aromatic heterocycles. The van der Waals surface area contributed by atoms with Gasteiger partial charge >= 0.3 is 35.4 Å². The first-order valence-corrected chi connectivity index (χ1v) is 42.7. The Labute approximate surface area is 708 Å². The third kappa shape index (κ3) is 25.0. The minimum Gasteiger partial charge on any atom is -0.477 e. The highest BCUT2D eigenvalue weighted by Gasteiger charge is 2.65. The molecule has 8 saturated heterocycles. The summed E-state index contributed by atoms with van der Waals surface area (Å²) in [5, 5.41) is 326. The van der Waals surface area contributed by atoms with E-state index in [1.807, 2.05) is 0 Å². The summed E-state index contributed by atoms with van der Waals surface area (Å²) in [5.41, 5.74) is 10.7. The van der Waals surface area contributed by atoms with Crippen LogP contribution >= 0.6 is 23.5 Å². The predicted molar refractivity (Wildman–Crippen MR) is 381 cm³/mol. The van der Waals surface area contributed by atoms with Gasteiger partial charge in [0.05, 0.1) is 78.2 Å². The van der Waals surface area contributed by atoms with Crippen LogP contribution in [0.4, 0.5) is 0 Å². The highest BCUT2D eigenvalue weighted by atomic mass is 31.3. The van der Waals surface area contributed by atoms with Gasteiger partial charge in [-0.15, -0.1) is 0 Å². The van der Waals surface area contributed by atoms with Crippen LogP contribution in [-0.2, 0) is 122 Å². The third-order valence-electron chi connectivity index (χ3n) is 21.0. The Kier molecular flexibility index (Phi) is 39.6. The van der Waals surface area contributed by atoms with Crippen molar-refractivity contribution in [1.82, 2.24) is 5.32 Å². The van der Waals surface area contributed by atoms with Crippen molar-refractivity contribution in [3.05, 3.63) is 0 Å². The number of aliphatic hydroxyl groups excluding tert-OH is 26. The highest BCUT2D eigenvalue weighted by molar-refractivity contribution is 7.61. The second-order valence-corrected chi connectivity index (χ2v) is 34.3. The number of ether oxygens (including phenoxy) is 15. The molecular formula is C62H110N3O58P3. The topological polar surface area (TPSA) is 998 Å². The van der Waals surface area contributed by atoms with Crippen molar-refractivity contribution in [3.63, 3.8) is 0 Å². The Bertz CT molecular complexity index is 3570. The number of nitrogens with one attached hydrogen (secondary N) is 1. The van der Waals surface area contributed by atoms with Gasteiger partial charge in [0.25, 0.3) is 11.6 Å². The lowest BCUT2D eigenvalue weighted by Crippen LogP contribution is -2.71. The van der Waals surface area contributed by atoms with Crippen molar-refractivity contribution >= 4 is 41.3 Å². The first-order chi connectivity index (χ1) is 59.0. The van der Waals surface area contributed by atoms with Gasteiger partial charge in [0.1, 0.15) is 208 Å². The molecule has 126 heavy (non-hydrogen) atoms. The van der Waals surface area contributed by atoms with Crippen LogP contribution in [0.5, 0.6) is 0 Å². The van der Waals surface area contributed by atoms with E-state index in [1.165, 1.54) is 0 Å². The standard InChI is InChI=1S/C62H110N3O58P3/c1-16(74)65-27-17(75)6-62(60(95)96,119-47(27)28(80)18(76)8-66)120-49-30(82)24(13-71)107-55(39(49)91)111-44-25(14-72)108-54(36(88)34(44)86)114-48-37(89)41(19(77)9-67)109-56(38(48)90)116-51-33(85)32(84)45(26(15-73)122-124(98,99)104-4-2-63)112-58(51)115-50-40(92)57(110-42(20(78)10-68)52(50)117-53-35(87)31(83)29(81)23(12-70)106-53)113-46-22(121-126(102,103)123-125(100,101)105-5-3-64)7-61(97,59(93)94)118-43(46)21(79)11-69/h17-58,66-73,75-92,97H,2-15,63-64H2,1H3,(H,65,74)(H,93,94)(H,95,96)(H,98,99)(H,100,101)(H,102,103)/t17-,18+,19-,20-,21+,22+,23+,24+,25+,26-,27+,28+,29+,30-,31-,32-,33-,34+,35+,36+,37+,38-,39+,40-,41+,42+,43+,44+,45+,46+,47+,48-,49-,50+,51-,52+,53-,54-,55-,56+,57+,58+,61+,62-/m0/s1. The fourth-order valence-electron chi connectivity index (χ4n) is 14.7. The Hall–Kier alpha value is -2.98. The van der Waals surface area contributed by atoms with Crippen molar-refractivity contribution in [2.24, 2.45) is 11.5 Å². The summed E-state index contributed by atoms with van der Waals surface area (Å²) < 4.78 is 150. The molecule has 0 spiro atoms. The van der Waals surface area contributed by atoms with Gasteiger partial charge < -0.3 is 251 Å². The summed E-state index contributed by atoms with van der Waals surface area (Å²) in [6.45, 7) is -13.2. The maximum Gasteiger partial charge on any atom is 0.481 e. The number of carbonyl (C=O) groups excluding carboxylic acids is 1. The Morgan fingerprint density at radius 2 is 0.897 bits per heavy atom. The molecule has 8 aliphatic heterocycles. The van der Waals surface area contributed by atoms with Crippen LogP contribution in [-0.4, -0.2) is 529 Å². The van der Waals surface area contributed by atoms with Crippen molar-refractivity contribution in [3.8, 4) is 0 Å². The van der Waals surface area contributed by atoms with Crippen molar-refractivity contribution in [2.45, 2.75) is 289 Å². The molecule has 8 heterocycles. The van der Waals surface area contributed by atoms with Gasteiger partial charge in [0.2, 0.25) is 5.91 Å². The summed E-state index contributed by atoms with van der Waals surface area (Å²) >= 11 is 0. The first-order valence-electron chi connectivity index (χ1n) is 38.2. The Morgan fingerprint density at radius 1 is 0.437 bits per heavy atom. The van der Waals surface area contributed by atoms with Crippen LogP contribution in [0.25, 0.3) is 0 Å². The number of carbonyl (C=O) groups is 3. The molecule has 0 saturated carbocycles. The fraction of sp³-hybridized carbons (Fsp3) is 0.952. The number of amides is 1. The van der Waals surface area contributed by atoms with E-state index in [1.54, 1.807) is 0 Å². The van der Waals surface area contributed by atoms with Gasteiger partial charge in [-0.2, -0.15) is 4.31 Å². The number of rotatable bonds is 43. The maximum atomic E-state index is 13.7. The molecule has 47 atom stereocenters. The summed E-state index contributed by atoms with van der Waals surface area (Å²) in [6.07, 6.45) is -109. The zero-order chi connectivity index (χ0) is 94.2. The number of carboxylic acids is 2. The largest absolute Gasteiger partial charge is 0.481 e. The smallest absolute Gasteiger partial charge is 0.477 e. The zero-order valence-corrected chi connectivity index (χ0v) is 68.3. The molecule has 8 fully saturated rings. The second-order valence-electron chi connectivity index (χ2n) is 29.9. The van der Waals surface area contributed by atoms with E-state index in [4.69, 9.17) is 96.1 Å². The number of aliphatic hydroxyl groups is 27. The third-order valence-corrected chi connectivity index (χ3v) is 24.8. The van der Waals surface area contributed by atoms with Gasteiger partial charge in [-0.05, 0) is 0 Å². The molecule has 3 unspecified atom stereocenters. The van der Waals surface area contributed by atoms with Crippen LogP contribution in [0.2, 0.25) is 0 Å². The van der Waals surface area contributed by atoms with Crippen LogP contribution in [0.1, 0.15) is 19.8 Å². The highest BCUT2D eigenvalue weighted by Crippen LogP contribution is 2.62. The number of phosphoric ester groups is 3. The van der Waals surface area contributed by atoms with E-state index in [9.17, 15) is 191 Å². The Morgan fingerprint density at radius 3 is 1.44 bits per heavy atom. The van der Waals surface area contributed by atoms with Crippen molar-refractivity contribution in [1.29, 1.82) is 0 Å². The van der Waals surface area contributed by atoms with Gasteiger partial charge in [0, 0.05) is 32.9 Å². The van der Waals surface area contributed by atoms with Gasteiger partial charge in [-0.3, -0.25) is 22.9 Å². The molecule has 64 heteroatoms. The minimum absolute atomic E-state index is 0.507. The van der Waals surface area contributed by atoms with Crippen molar-refractivity contribution < 1.29 is 284 Å². The lowest BCUT2D eigenvalue weighted by Gasteiger charge is -2.52. The molecule has 8 rings (SSSR count). The van der Waals surface area contributed by atoms with Crippen molar-refractivity contribution in [2.75, 3.05) is 79.2 Å². The number of hydrogen-bond acceptors (Lipinski definition) is 55. The molecule has 8 aliphatic rings. The van der Waals surface area contributed by atoms with Crippen LogP contribution in [0.15, 0.2) is 0 Å². The van der Waals surface area contributed by atoms with E-state index < -0.39 is 402 Å². The number of aliphatic carboxylic acids is 2. The first kappa shape index (κ1) is 108. The predicted octanol–water partition coefficient (Wildman–Crippen LogP) is -20.9. The minimum atomic E-state index is -6.36. The maximum absolute atomic E-state index is 13.7. The molecule has 61 nitrogen and oxygen atoms in total. The van der Waals surface area contributed by atoms with Crippen LogP contribution in [0.3, 0.4) is 0 Å². The van der Waals surface area contributed by atoms with Gasteiger partial charge in [-0.25, -0.2) is 23.3 Å². The lowest BCUT2D eigenvalue weighted by atomic mass is 9.88. The number of nitrogens with two attached hydrogens (primary N) is 2. The van der Waals surface area contributed by atoms with E-state index in [-0.39, 0.29) is 0 Å². The molecule has 0 aromatic carbocycles. The molecule has 1 amide bonds. The summed E-state index contributed by atoms with van der Waals surface area (Å²) in [4.78, 5) is 70.1. The summed E-state index contributed by atoms with van der Waals surface area (Å²) in [7, 11) is -17.7. The second kappa shape index (κ2) is 46.0. The summed E-state index contributed by atoms with van der Waals surface area (Å²) in [5.74, 6) is -12.7. The number of hydrogen-bond donors (Lipinski definition) is 35. The van der Waals surface area contributed by atoms with Crippen LogP contribution < -0.4 is 16.8 Å². The monoisotopic (exact) mass is 1920 g/mol. The average Bonchev–Trinajstić information content (AvgIpc) is 0.754. The quantitative estimate of drug-likeness (QED) is 0.0252. The number of carboxylic acid groups (broad SMARTS) is 2. The van der Waals surface area contributed by atoms with E-state index >= 15 is 0 Å². The SMILES string of the molecule is CC(=O)N[C@H]1[C@H]([C@H](O)[C@H](O)CO)O[C@@](O[C@H]2[C@@H](O)[C@@H](CO)O[C@@H](O[C@H]3[C@H](O)[C@@H](O)[C@H](O[C@@H]4[C@H](O)[C@@H](O[C@@H]5[C@@H](O[C@@H]6[C@H](O)[C@@H](O[C@H]7[C@@H]([C@H](O)CO)O[C@@](O)(C(=O)O)C[C@H]7OP(=O)(O)OP(=O)(O)OCCN)O[C@H]([C@@H](O)CO)[C@H]6O[C@@H]6O[C@H](CO)[C@@H](O)[C@H](O)[C@H]6O)O[C@H]([C@H](CO)OP(=O)(O)OCCN)[C@@H](O)[C@@H]5O)O[C@H]([C@@H](O)CO)[C@H]4O)O[C@@H]3CO)[C@@H]2O)(C(=O)O)C[C@@H]1O. The molecule has 736 valence electrons. The molecule has 0 aliphatic carbocycles. The number of phosphoric acid groups is 3. The molecule has 0 aromatic rings. The molecule has 0 bridgehead atoms. The van der Waals surface area contributed by atoms with Gasteiger partial charge in [-0.1, -0.05) is 0 Å². The summed E-state index contributed by atoms with van der Waals surface area (Å²) in [6, 6.07) is -1.78.